The highest BCUT2D eigenvalue weighted by Gasteiger charge is 2.11. The highest BCUT2D eigenvalue weighted by Crippen LogP contribution is 2.23. The van der Waals surface area contributed by atoms with Crippen LogP contribution in [0, 0.1) is 11.6 Å². The summed E-state index contributed by atoms with van der Waals surface area (Å²) in [7, 11) is 0. The Hall–Kier alpha value is -1.22. The van der Waals surface area contributed by atoms with Crippen molar-refractivity contribution in [2.75, 3.05) is 0 Å². The molecule has 0 aliphatic carbocycles. The summed E-state index contributed by atoms with van der Waals surface area (Å²) in [5, 5.41) is 9.68. The quantitative estimate of drug-likeness (QED) is 0.759. The lowest BCUT2D eigenvalue weighted by Gasteiger charge is -2.12. The Morgan fingerprint density at radius 1 is 1.33 bits per heavy atom. The van der Waals surface area contributed by atoms with Crippen LogP contribution < -0.4 is 0 Å². The van der Waals surface area contributed by atoms with E-state index in [0.29, 0.717) is 6.42 Å². The van der Waals surface area contributed by atoms with E-state index in [4.69, 9.17) is 0 Å². The van der Waals surface area contributed by atoms with Crippen LogP contribution in [-0.4, -0.2) is 5.11 Å². The van der Waals surface area contributed by atoms with E-state index >= 15 is 0 Å². The van der Waals surface area contributed by atoms with E-state index in [0.717, 1.165) is 30.2 Å². The number of benzene rings is 1. The van der Waals surface area contributed by atoms with Gasteiger partial charge >= 0.3 is 0 Å². The summed E-state index contributed by atoms with van der Waals surface area (Å²) in [6.45, 7) is 5.65. The zero-order valence-electron chi connectivity index (χ0n) is 8.63. The van der Waals surface area contributed by atoms with Gasteiger partial charge in [0.25, 0.3) is 0 Å². The number of aliphatic hydroxyl groups excluding tert-OH is 1. The predicted molar refractivity (Wildman–Crippen MR) is 55.4 cm³/mol. The van der Waals surface area contributed by atoms with E-state index < -0.39 is 17.7 Å². The molecule has 0 aliphatic heterocycles. The van der Waals surface area contributed by atoms with E-state index in [2.05, 4.69) is 6.58 Å². The van der Waals surface area contributed by atoms with Gasteiger partial charge in [0.05, 0.1) is 6.10 Å². The molecule has 0 spiro atoms. The van der Waals surface area contributed by atoms with Crippen LogP contribution in [0.15, 0.2) is 30.4 Å². The molecule has 1 aromatic carbocycles. The Kier molecular flexibility index (Phi) is 3.97. The molecule has 1 atom stereocenters. The maximum atomic E-state index is 12.8. The van der Waals surface area contributed by atoms with Crippen molar-refractivity contribution in [3.63, 3.8) is 0 Å². The lowest BCUT2D eigenvalue weighted by atomic mass is 10.0. The van der Waals surface area contributed by atoms with Gasteiger partial charge in [-0.1, -0.05) is 19.1 Å². The van der Waals surface area contributed by atoms with Crippen molar-refractivity contribution in [1.29, 1.82) is 0 Å². The first-order valence-corrected chi connectivity index (χ1v) is 4.83. The van der Waals surface area contributed by atoms with Crippen LogP contribution in [0.3, 0.4) is 0 Å². The maximum absolute atomic E-state index is 12.8. The second kappa shape index (κ2) is 5.03. The Morgan fingerprint density at radius 2 is 1.87 bits per heavy atom. The molecule has 0 aromatic heterocycles. The van der Waals surface area contributed by atoms with Gasteiger partial charge in [-0.25, -0.2) is 8.78 Å². The van der Waals surface area contributed by atoms with Crippen LogP contribution in [0.5, 0.6) is 0 Å². The lowest BCUT2D eigenvalue weighted by Crippen LogP contribution is -2.00. The highest BCUT2D eigenvalue weighted by molar-refractivity contribution is 5.21. The van der Waals surface area contributed by atoms with Gasteiger partial charge in [-0.15, -0.1) is 0 Å². The smallest absolute Gasteiger partial charge is 0.126 e. The minimum Gasteiger partial charge on any atom is -0.388 e. The van der Waals surface area contributed by atoms with E-state index in [-0.39, 0.29) is 5.56 Å². The number of hydrogen-bond donors (Lipinski definition) is 1. The van der Waals surface area contributed by atoms with Gasteiger partial charge in [0.15, 0.2) is 0 Å². The average molecular weight is 212 g/mol. The minimum absolute atomic E-state index is 0.252. The van der Waals surface area contributed by atoms with Crippen molar-refractivity contribution in [3.8, 4) is 0 Å². The molecule has 1 N–H and O–H groups in total. The normalized spacial score (nSPS) is 12.5. The molecule has 1 aromatic rings. The summed E-state index contributed by atoms with van der Waals surface area (Å²) in [4.78, 5) is 0. The van der Waals surface area contributed by atoms with Crippen LogP contribution >= 0.6 is 0 Å². The monoisotopic (exact) mass is 212 g/mol. The average Bonchev–Trinajstić information content (AvgIpc) is 2.16. The Balaban J connectivity index is 2.81. The number of aliphatic hydroxyl groups is 1. The first kappa shape index (κ1) is 11.9. The van der Waals surface area contributed by atoms with Crippen LogP contribution in [0.25, 0.3) is 0 Å². The summed E-state index contributed by atoms with van der Waals surface area (Å²) in [5.74, 6) is -1.35. The van der Waals surface area contributed by atoms with Gasteiger partial charge in [0.2, 0.25) is 0 Å². The molecular weight excluding hydrogens is 198 g/mol. The number of rotatable bonds is 4. The first-order chi connectivity index (χ1) is 7.02. The molecule has 0 aliphatic rings. The van der Waals surface area contributed by atoms with Crippen molar-refractivity contribution >= 4 is 0 Å². The van der Waals surface area contributed by atoms with Crippen LogP contribution in [-0.2, 0) is 0 Å². The lowest BCUT2D eigenvalue weighted by molar-refractivity contribution is 0.176. The van der Waals surface area contributed by atoms with E-state index in [9.17, 15) is 13.9 Å². The van der Waals surface area contributed by atoms with Crippen LogP contribution in [0.2, 0.25) is 0 Å². The van der Waals surface area contributed by atoms with Gasteiger partial charge < -0.3 is 5.11 Å². The van der Waals surface area contributed by atoms with Crippen molar-refractivity contribution < 1.29 is 13.9 Å². The second-order valence-electron chi connectivity index (χ2n) is 3.53. The predicted octanol–water partition coefficient (Wildman–Crippen LogP) is 3.35. The topological polar surface area (TPSA) is 20.2 Å². The molecule has 0 radical (unpaired) electrons. The fourth-order valence-corrected chi connectivity index (χ4v) is 1.30. The van der Waals surface area contributed by atoms with E-state index in [1.54, 1.807) is 0 Å². The zero-order chi connectivity index (χ0) is 11.4. The standard InChI is InChI=1S/C12H14F2O/c1-3-8(2)4-12(15)9-5-10(13)7-11(14)6-9/h5-7,12,15H,2-4H2,1H3. The van der Waals surface area contributed by atoms with Gasteiger partial charge in [-0.3, -0.25) is 0 Å². The van der Waals surface area contributed by atoms with Crippen molar-refractivity contribution in [2.45, 2.75) is 25.9 Å². The molecule has 0 saturated heterocycles. The Morgan fingerprint density at radius 3 is 2.33 bits per heavy atom. The number of halogens is 2. The third-order valence-corrected chi connectivity index (χ3v) is 2.25. The molecule has 0 heterocycles. The third kappa shape index (κ3) is 3.44. The number of hydrogen-bond acceptors (Lipinski definition) is 1. The van der Waals surface area contributed by atoms with Crippen molar-refractivity contribution in [2.24, 2.45) is 0 Å². The summed E-state index contributed by atoms with van der Waals surface area (Å²) in [6.07, 6.45) is 0.191. The van der Waals surface area contributed by atoms with Crippen molar-refractivity contribution in [3.05, 3.63) is 47.5 Å². The molecule has 15 heavy (non-hydrogen) atoms. The third-order valence-electron chi connectivity index (χ3n) is 2.25. The first-order valence-electron chi connectivity index (χ1n) is 4.83. The second-order valence-corrected chi connectivity index (χ2v) is 3.53. The summed E-state index contributed by atoms with van der Waals surface area (Å²) >= 11 is 0. The van der Waals surface area contributed by atoms with Gasteiger partial charge in [-0.05, 0) is 30.5 Å². The van der Waals surface area contributed by atoms with Gasteiger partial charge in [0, 0.05) is 6.07 Å². The maximum Gasteiger partial charge on any atom is 0.126 e. The fourth-order valence-electron chi connectivity index (χ4n) is 1.30. The molecule has 0 amide bonds. The molecule has 1 rings (SSSR count). The van der Waals surface area contributed by atoms with Crippen LogP contribution in [0.1, 0.15) is 31.4 Å². The summed E-state index contributed by atoms with van der Waals surface area (Å²) in [6, 6.07) is 3.05. The molecule has 1 nitrogen and oxygen atoms in total. The minimum atomic E-state index is -0.886. The van der Waals surface area contributed by atoms with Crippen molar-refractivity contribution in [1.82, 2.24) is 0 Å². The molecule has 0 fully saturated rings. The largest absolute Gasteiger partial charge is 0.388 e. The molecular formula is C12H14F2O. The SMILES string of the molecule is C=C(CC)CC(O)c1cc(F)cc(F)c1. The zero-order valence-corrected chi connectivity index (χ0v) is 8.63. The Bertz CT molecular complexity index is 340. The molecule has 0 saturated carbocycles. The Labute approximate surface area is 88.1 Å². The molecule has 0 bridgehead atoms. The fraction of sp³-hybridized carbons (Fsp3) is 0.333. The molecule has 1 unspecified atom stereocenters. The van der Waals surface area contributed by atoms with Crippen LogP contribution in [0.4, 0.5) is 8.78 Å². The summed E-state index contributed by atoms with van der Waals surface area (Å²) < 4.78 is 25.7. The van der Waals surface area contributed by atoms with E-state index in [1.807, 2.05) is 6.92 Å². The molecule has 3 heteroatoms. The van der Waals surface area contributed by atoms with Gasteiger partial charge in [0.1, 0.15) is 11.6 Å². The highest BCUT2D eigenvalue weighted by atomic mass is 19.1. The van der Waals surface area contributed by atoms with E-state index in [1.165, 1.54) is 0 Å². The molecule has 82 valence electrons. The van der Waals surface area contributed by atoms with Gasteiger partial charge in [-0.2, -0.15) is 0 Å². The summed E-state index contributed by atoms with van der Waals surface area (Å²) in [5.41, 5.74) is 1.11.